The van der Waals surface area contributed by atoms with Crippen LogP contribution in [0.1, 0.15) is 73.1 Å². The lowest BCUT2D eigenvalue weighted by Gasteiger charge is -2.33. The number of rotatable bonds is 10. The summed E-state index contributed by atoms with van der Waals surface area (Å²) >= 11 is 0. The normalized spacial score (nSPS) is 13.6. The molecule has 114 valence electrons. The van der Waals surface area contributed by atoms with Gasteiger partial charge in [0.25, 0.3) is 0 Å². The molecule has 0 rings (SSSR count). The summed E-state index contributed by atoms with van der Waals surface area (Å²) in [5.41, 5.74) is 5.58. The summed E-state index contributed by atoms with van der Waals surface area (Å²) in [6, 6.07) is 0.238. The second-order valence-electron chi connectivity index (χ2n) is 5.82. The summed E-state index contributed by atoms with van der Waals surface area (Å²) in [7, 11) is 0. The second kappa shape index (κ2) is 9.35. The van der Waals surface area contributed by atoms with Gasteiger partial charge in [-0.25, -0.2) is 0 Å². The summed E-state index contributed by atoms with van der Waals surface area (Å²) in [4.78, 5) is 12.6. The number of hydrogen-bond donors (Lipinski definition) is 2. The third-order valence-electron chi connectivity index (χ3n) is 4.44. The molecule has 0 aromatic carbocycles. The zero-order valence-electron chi connectivity index (χ0n) is 13.6. The predicted molar refractivity (Wildman–Crippen MR) is 83.0 cm³/mol. The molecule has 0 aliphatic heterocycles. The highest BCUT2D eigenvalue weighted by Crippen LogP contribution is 2.29. The minimum absolute atomic E-state index is 0.165. The lowest BCUT2D eigenvalue weighted by atomic mass is 9.78. The molecule has 0 aromatic rings. The summed E-state index contributed by atoms with van der Waals surface area (Å²) in [5.74, 6) is 0.723. The van der Waals surface area contributed by atoms with Gasteiger partial charge in [-0.15, -0.1) is 0 Å². The van der Waals surface area contributed by atoms with Crippen LogP contribution in [0.2, 0.25) is 0 Å². The first-order valence-corrected chi connectivity index (χ1v) is 8.02. The topological polar surface area (TPSA) is 55.1 Å². The van der Waals surface area contributed by atoms with E-state index in [0.29, 0.717) is 12.5 Å². The minimum atomic E-state index is -0.357. The Morgan fingerprint density at radius 2 is 1.58 bits per heavy atom. The zero-order valence-corrected chi connectivity index (χ0v) is 13.6. The molecule has 0 saturated heterocycles. The molecule has 3 N–H and O–H groups in total. The van der Waals surface area contributed by atoms with Crippen molar-refractivity contribution in [2.75, 3.05) is 6.54 Å². The fourth-order valence-corrected chi connectivity index (χ4v) is 3.08. The molecule has 0 aliphatic rings. The maximum atomic E-state index is 12.6. The first-order chi connectivity index (χ1) is 9.01. The van der Waals surface area contributed by atoms with Gasteiger partial charge in [-0.2, -0.15) is 0 Å². The number of hydrogen-bond acceptors (Lipinski definition) is 2. The van der Waals surface area contributed by atoms with Gasteiger partial charge in [-0.1, -0.05) is 53.4 Å². The summed E-state index contributed by atoms with van der Waals surface area (Å²) in [6.07, 6.45) is 6.00. The van der Waals surface area contributed by atoms with E-state index in [1.807, 2.05) is 0 Å². The van der Waals surface area contributed by atoms with Crippen molar-refractivity contribution in [2.24, 2.45) is 17.1 Å². The SMILES string of the molecule is CCCC(CN)(CCC)C(=O)NC(C)C(CC)CC. The van der Waals surface area contributed by atoms with Crippen LogP contribution in [0.15, 0.2) is 0 Å². The Morgan fingerprint density at radius 1 is 1.11 bits per heavy atom. The van der Waals surface area contributed by atoms with Gasteiger partial charge < -0.3 is 11.1 Å². The zero-order chi connectivity index (χ0) is 14.9. The van der Waals surface area contributed by atoms with Crippen LogP contribution in [0.25, 0.3) is 0 Å². The summed E-state index contributed by atoms with van der Waals surface area (Å²) in [6.45, 7) is 11.2. The van der Waals surface area contributed by atoms with Gasteiger partial charge in [-0.05, 0) is 25.7 Å². The quantitative estimate of drug-likeness (QED) is 0.638. The van der Waals surface area contributed by atoms with Crippen LogP contribution in [-0.4, -0.2) is 18.5 Å². The lowest BCUT2D eigenvalue weighted by molar-refractivity contribution is -0.132. The molecule has 0 heterocycles. The van der Waals surface area contributed by atoms with Crippen LogP contribution in [-0.2, 0) is 4.79 Å². The van der Waals surface area contributed by atoms with Gasteiger partial charge in [-0.3, -0.25) is 4.79 Å². The van der Waals surface area contributed by atoms with Crippen molar-refractivity contribution in [3.8, 4) is 0 Å². The molecule has 0 radical (unpaired) electrons. The van der Waals surface area contributed by atoms with E-state index in [9.17, 15) is 4.79 Å². The Kier molecular flexibility index (Phi) is 9.07. The monoisotopic (exact) mass is 270 g/mol. The molecule has 0 bridgehead atoms. The van der Waals surface area contributed by atoms with Crippen molar-refractivity contribution < 1.29 is 4.79 Å². The third-order valence-corrected chi connectivity index (χ3v) is 4.44. The largest absolute Gasteiger partial charge is 0.353 e. The van der Waals surface area contributed by atoms with Crippen molar-refractivity contribution in [3.05, 3.63) is 0 Å². The summed E-state index contributed by atoms with van der Waals surface area (Å²) in [5, 5.41) is 3.22. The molecule has 0 spiro atoms. The smallest absolute Gasteiger partial charge is 0.227 e. The van der Waals surface area contributed by atoms with Gasteiger partial charge in [0.2, 0.25) is 5.91 Å². The van der Waals surface area contributed by atoms with E-state index in [1.165, 1.54) is 0 Å². The number of carbonyl (C=O) groups excluding carboxylic acids is 1. The highest BCUT2D eigenvalue weighted by atomic mass is 16.2. The molecule has 1 atom stereocenters. The van der Waals surface area contributed by atoms with Gasteiger partial charge >= 0.3 is 0 Å². The van der Waals surface area contributed by atoms with E-state index in [1.54, 1.807) is 0 Å². The fourth-order valence-electron chi connectivity index (χ4n) is 3.08. The van der Waals surface area contributed by atoms with E-state index >= 15 is 0 Å². The standard InChI is InChI=1S/C16H34N2O/c1-6-10-16(12-17,11-7-2)15(19)18-13(5)14(8-3)9-4/h13-14H,6-12,17H2,1-5H3,(H,18,19). The van der Waals surface area contributed by atoms with Crippen LogP contribution in [0.5, 0.6) is 0 Å². The molecule has 19 heavy (non-hydrogen) atoms. The van der Waals surface area contributed by atoms with E-state index in [0.717, 1.165) is 38.5 Å². The van der Waals surface area contributed by atoms with Gasteiger partial charge in [0, 0.05) is 12.6 Å². The van der Waals surface area contributed by atoms with Crippen molar-refractivity contribution in [1.29, 1.82) is 0 Å². The summed E-state index contributed by atoms with van der Waals surface area (Å²) < 4.78 is 0. The number of nitrogens with two attached hydrogens (primary N) is 1. The predicted octanol–water partition coefficient (Wildman–Crippen LogP) is 3.47. The van der Waals surface area contributed by atoms with Crippen LogP contribution in [0.3, 0.4) is 0 Å². The average molecular weight is 270 g/mol. The molecule has 0 aromatic heterocycles. The second-order valence-corrected chi connectivity index (χ2v) is 5.82. The lowest BCUT2D eigenvalue weighted by Crippen LogP contribution is -2.50. The molecule has 0 saturated carbocycles. The van der Waals surface area contributed by atoms with E-state index in [4.69, 9.17) is 5.73 Å². The van der Waals surface area contributed by atoms with E-state index in [-0.39, 0.29) is 17.4 Å². The number of carbonyl (C=O) groups is 1. The van der Waals surface area contributed by atoms with Crippen LogP contribution in [0, 0.1) is 11.3 Å². The Morgan fingerprint density at radius 3 is 1.89 bits per heavy atom. The minimum Gasteiger partial charge on any atom is -0.353 e. The average Bonchev–Trinajstić information content (AvgIpc) is 2.39. The van der Waals surface area contributed by atoms with Crippen LogP contribution >= 0.6 is 0 Å². The molecule has 0 fully saturated rings. The van der Waals surface area contributed by atoms with Crippen molar-refractivity contribution in [3.63, 3.8) is 0 Å². The van der Waals surface area contributed by atoms with E-state index in [2.05, 4.69) is 39.9 Å². The maximum Gasteiger partial charge on any atom is 0.227 e. The maximum absolute atomic E-state index is 12.6. The van der Waals surface area contributed by atoms with Gasteiger partial charge in [0.05, 0.1) is 5.41 Å². The molecule has 0 aliphatic carbocycles. The molecular formula is C16H34N2O. The van der Waals surface area contributed by atoms with Crippen molar-refractivity contribution in [1.82, 2.24) is 5.32 Å². The number of nitrogens with one attached hydrogen (secondary N) is 1. The highest BCUT2D eigenvalue weighted by molar-refractivity contribution is 5.83. The molecular weight excluding hydrogens is 236 g/mol. The van der Waals surface area contributed by atoms with Gasteiger partial charge in [0.1, 0.15) is 0 Å². The van der Waals surface area contributed by atoms with Crippen molar-refractivity contribution >= 4 is 5.91 Å². The first-order valence-electron chi connectivity index (χ1n) is 8.02. The molecule has 3 heteroatoms. The van der Waals surface area contributed by atoms with Crippen LogP contribution < -0.4 is 11.1 Å². The molecule has 1 amide bonds. The number of amides is 1. The Bertz CT molecular complexity index is 243. The fraction of sp³-hybridized carbons (Fsp3) is 0.938. The Balaban J connectivity index is 4.80. The van der Waals surface area contributed by atoms with Gasteiger partial charge in [0.15, 0.2) is 0 Å². The van der Waals surface area contributed by atoms with E-state index < -0.39 is 0 Å². The van der Waals surface area contributed by atoms with Crippen LogP contribution in [0.4, 0.5) is 0 Å². The Labute approximate surface area is 119 Å². The first kappa shape index (κ1) is 18.4. The highest BCUT2D eigenvalue weighted by Gasteiger charge is 2.36. The molecule has 3 nitrogen and oxygen atoms in total. The van der Waals surface area contributed by atoms with Crippen molar-refractivity contribution in [2.45, 2.75) is 79.2 Å². The third kappa shape index (κ3) is 5.13. The molecule has 1 unspecified atom stereocenters. The Hall–Kier alpha value is -0.570.